The largest absolute Gasteiger partial charge is 0.481 e. The lowest BCUT2D eigenvalue weighted by Gasteiger charge is -2.33. The predicted molar refractivity (Wildman–Crippen MR) is 76.9 cm³/mol. The SMILES string of the molecule is CC(C)NC(=O)NC(=O)CN1CCN(CCC(=O)O)CC1. The van der Waals surface area contributed by atoms with Crippen LogP contribution in [0.3, 0.4) is 0 Å². The van der Waals surface area contributed by atoms with E-state index in [1.807, 2.05) is 18.7 Å². The molecule has 1 fully saturated rings. The topological polar surface area (TPSA) is 102 Å². The molecule has 1 aliphatic rings. The van der Waals surface area contributed by atoms with Crippen LogP contribution in [0.2, 0.25) is 0 Å². The first kappa shape index (κ1) is 17.4. The van der Waals surface area contributed by atoms with Crippen molar-refractivity contribution >= 4 is 17.9 Å². The average molecular weight is 300 g/mol. The average Bonchev–Trinajstić information content (AvgIpc) is 2.36. The second-order valence-electron chi connectivity index (χ2n) is 5.44. The summed E-state index contributed by atoms with van der Waals surface area (Å²) in [4.78, 5) is 37.6. The van der Waals surface area contributed by atoms with Crippen LogP contribution in [0.15, 0.2) is 0 Å². The highest BCUT2D eigenvalue weighted by Gasteiger charge is 2.20. The lowest BCUT2D eigenvalue weighted by Crippen LogP contribution is -2.51. The molecule has 0 radical (unpaired) electrons. The number of rotatable bonds is 6. The summed E-state index contributed by atoms with van der Waals surface area (Å²) in [6.45, 7) is 7.21. The number of urea groups is 1. The van der Waals surface area contributed by atoms with Crippen molar-refractivity contribution in [3.05, 3.63) is 0 Å². The smallest absolute Gasteiger partial charge is 0.321 e. The number of imide groups is 1. The van der Waals surface area contributed by atoms with Gasteiger partial charge in [-0.3, -0.25) is 19.8 Å². The van der Waals surface area contributed by atoms with Gasteiger partial charge in [0.15, 0.2) is 0 Å². The number of hydrogen-bond acceptors (Lipinski definition) is 5. The first-order valence-corrected chi connectivity index (χ1v) is 7.13. The zero-order chi connectivity index (χ0) is 15.8. The maximum atomic E-state index is 11.7. The minimum absolute atomic E-state index is 0.0180. The van der Waals surface area contributed by atoms with Crippen LogP contribution in [-0.2, 0) is 9.59 Å². The highest BCUT2D eigenvalue weighted by Crippen LogP contribution is 2.02. The van der Waals surface area contributed by atoms with E-state index in [1.165, 1.54) is 0 Å². The van der Waals surface area contributed by atoms with E-state index in [0.717, 1.165) is 13.1 Å². The number of nitrogens with one attached hydrogen (secondary N) is 2. The third-order valence-electron chi connectivity index (χ3n) is 3.15. The summed E-state index contributed by atoms with van der Waals surface area (Å²) < 4.78 is 0. The van der Waals surface area contributed by atoms with Gasteiger partial charge in [0, 0.05) is 38.8 Å². The standard InChI is InChI=1S/C13H24N4O4/c1-10(2)14-13(21)15-11(18)9-17-7-5-16(6-8-17)4-3-12(19)20/h10H,3-9H2,1-2H3,(H,19,20)(H2,14,15,18,21). The van der Waals surface area contributed by atoms with Gasteiger partial charge in [0.1, 0.15) is 0 Å². The Balaban J connectivity index is 2.21. The highest BCUT2D eigenvalue weighted by molar-refractivity contribution is 5.95. The molecule has 0 aromatic carbocycles. The van der Waals surface area contributed by atoms with Gasteiger partial charge in [-0.2, -0.15) is 0 Å². The Morgan fingerprint density at radius 3 is 2.19 bits per heavy atom. The molecule has 120 valence electrons. The van der Waals surface area contributed by atoms with Crippen LogP contribution in [0, 0.1) is 0 Å². The van der Waals surface area contributed by atoms with Crippen LogP contribution < -0.4 is 10.6 Å². The summed E-state index contributed by atoms with van der Waals surface area (Å²) in [6, 6.07) is -0.495. The number of piperazine rings is 1. The van der Waals surface area contributed by atoms with Crippen molar-refractivity contribution in [2.75, 3.05) is 39.3 Å². The van der Waals surface area contributed by atoms with Crippen LogP contribution >= 0.6 is 0 Å². The summed E-state index contributed by atoms with van der Waals surface area (Å²) in [5.74, 6) is -1.12. The van der Waals surface area contributed by atoms with E-state index in [-0.39, 0.29) is 24.9 Å². The Kier molecular flexibility index (Phi) is 7.10. The van der Waals surface area contributed by atoms with Crippen LogP contribution in [0.5, 0.6) is 0 Å². The molecule has 0 aromatic rings. The number of carboxylic acid groups (broad SMARTS) is 1. The summed E-state index contributed by atoms with van der Waals surface area (Å²) in [6.07, 6.45) is 0.135. The van der Waals surface area contributed by atoms with Gasteiger partial charge < -0.3 is 15.3 Å². The summed E-state index contributed by atoms with van der Waals surface area (Å²) in [5, 5.41) is 13.5. The van der Waals surface area contributed by atoms with Crippen molar-refractivity contribution in [1.82, 2.24) is 20.4 Å². The molecule has 3 N–H and O–H groups in total. The Bertz CT molecular complexity index is 378. The molecule has 0 spiro atoms. The molecular formula is C13H24N4O4. The second kappa shape index (κ2) is 8.58. The molecule has 0 atom stereocenters. The first-order valence-electron chi connectivity index (χ1n) is 7.13. The minimum Gasteiger partial charge on any atom is -0.481 e. The third-order valence-corrected chi connectivity index (χ3v) is 3.15. The number of hydrogen-bond donors (Lipinski definition) is 3. The Morgan fingerprint density at radius 2 is 1.67 bits per heavy atom. The molecule has 1 heterocycles. The molecule has 1 aliphatic heterocycles. The third kappa shape index (κ3) is 7.62. The van der Waals surface area contributed by atoms with E-state index in [4.69, 9.17) is 5.11 Å². The van der Waals surface area contributed by atoms with Crippen LogP contribution in [0.4, 0.5) is 4.79 Å². The molecule has 1 saturated heterocycles. The van der Waals surface area contributed by atoms with E-state index >= 15 is 0 Å². The molecule has 8 nitrogen and oxygen atoms in total. The van der Waals surface area contributed by atoms with Crippen LogP contribution in [0.25, 0.3) is 0 Å². The van der Waals surface area contributed by atoms with Gasteiger partial charge in [0.05, 0.1) is 13.0 Å². The van der Waals surface area contributed by atoms with E-state index in [0.29, 0.717) is 19.6 Å². The molecule has 0 unspecified atom stereocenters. The normalized spacial score (nSPS) is 16.7. The number of carbonyl (C=O) groups is 3. The fourth-order valence-electron chi connectivity index (χ4n) is 2.09. The molecule has 21 heavy (non-hydrogen) atoms. The lowest BCUT2D eigenvalue weighted by molar-refractivity contribution is -0.137. The molecule has 1 rings (SSSR count). The van der Waals surface area contributed by atoms with Gasteiger partial charge in [-0.15, -0.1) is 0 Å². The predicted octanol–water partition coefficient (Wildman–Crippen LogP) is -0.687. The van der Waals surface area contributed by atoms with Gasteiger partial charge in [-0.1, -0.05) is 0 Å². The Morgan fingerprint density at radius 1 is 1.10 bits per heavy atom. The number of aliphatic carboxylic acids is 1. The summed E-state index contributed by atoms with van der Waals surface area (Å²) >= 11 is 0. The van der Waals surface area contributed by atoms with Crippen LogP contribution in [0.1, 0.15) is 20.3 Å². The van der Waals surface area contributed by atoms with Gasteiger partial charge in [0.2, 0.25) is 5.91 Å². The zero-order valence-electron chi connectivity index (χ0n) is 12.6. The molecule has 8 heteroatoms. The first-order chi connectivity index (χ1) is 9.86. The summed E-state index contributed by atoms with van der Waals surface area (Å²) in [7, 11) is 0. The van der Waals surface area contributed by atoms with Crippen molar-refractivity contribution in [1.29, 1.82) is 0 Å². The van der Waals surface area contributed by atoms with Crippen molar-refractivity contribution in [2.45, 2.75) is 26.3 Å². The lowest BCUT2D eigenvalue weighted by atomic mass is 10.3. The molecule has 0 aromatic heterocycles. The molecule has 0 aliphatic carbocycles. The van der Waals surface area contributed by atoms with E-state index in [1.54, 1.807) is 0 Å². The molecule has 3 amide bonds. The molecule has 0 bridgehead atoms. The Labute approximate surface area is 124 Å². The highest BCUT2D eigenvalue weighted by atomic mass is 16.4. The van der Waals surface area contributed by atoms with E-state index in [9.17, 15) is 14.4 Å². The fourth-order valence-corrected chi connectivity index (χ4v) is 2.09. The van der Waals surface area contributed by atoms with Crippen LogP contribution in [-0.4, -0.2) is 78.1 Å². The number of carbonyl (C=O) groups excluding carboxylic acids is 2. The number of carboxylic acids is 1. The zero-order valence-corrected chi connectivity index (χ0v) is 12.6. The Hall–Kier alpha value is -1.67. The quantitative estimate of drug-likeness (QED) is 0.600. The van der Waals surface area contributed by atoms with E-state index in [2.05, 4.69) is 15.5 Å². The second-order valence-corrected chi connectivity index (χ2v) is 5.44. The van der Waals surface area contributed by atoms with Gasteiger partial charge in [0.25, 0.3) is 0 Å². The molecular weight excluding hydrogens is 276 g/mol. The van der Waals surface area contributed by atoms with E-state index < -0.39 is 12.0 Å². The van der Waals surface area contributed by atoms with Crippen molar-refractivity contribution in [3.8, 4) is 0 Å². The number of nitrogens with zero attached hydrogens (tertiary/aromatic N) is 2. The van der Waals surface area contributed by atoms with Crippen molar-refractivity contribution in [3.63, 3.8) is 0 Å². The maximum Gasteiger partial charge on any atom is 0.321 e. The van der Waals surface area contributed by atoms with Crippen molar-refractivity contribution < 1.29 is 19.5 Å². The van der Waals surface area contributed by atoms with Gasteiger partial charge >= 0.3 is 12.0 Å². The van der Waals surface area contributed by atoms with Gasteiger partial charge in [-0.05, 0) is 13.8 Å². The number of amides is 3. The summed E-state index contributed by atoms with van der Waals surface area (Å²) in [5.41, 5.74) is 0. The molecule has 0 saturated carbocycles. The monoisotopic (exact) mass is 300 g/mol. The minimum atomic E-state index is -0.798. The van der Waals surface area contributed by atoms with Crippen molar-refractivity contribution in [2.24, 2.45) is 0 Å². The maximum absolute atomic E-state index is 11.7. The van der Waals surface area contributed by atoms with Gasteiger partial charge in [-0.25, -0.2) is 4.79 Å². The fraction of sp³-hybridized carbons (Fsp3) is 0.769.